The molecular weight excluding hydrogens is 268 g/mol. The van der Waals surface area contributed by atoms with Crippen LogP contribution >= 0.6 is 0 Å². The molecule has 2 rings (SSSR count). The van der Waals surface area contributed by atoms with Crippen LogP contribution in [0, 0.1) is 0 Å². The summed E-state index contributed by atoms with van der Waals surface area (Å²) in [5, 5.41) is 16.5. The molecule has 1 aromatic heterocycles. The Hall–Kier alpha value is -2.34. The number of carbonyl (C=O) groups is 1. The molecule has 4 N–H and O–H groups in total. The van der Waals surface area contributed by atoms with E-state index in [1.807, 2.05) is 37.3 Å². The van der Waals surface area contributed by atoms with Crippen molar-refractivity contribution in [3.05, 3.63) is 47.3 Å². The van der Waals surface area contributed by atoms with Gasteiger partial charge in [0.2, 0.25) is 0 Å². The van der Waals surface area contributed by atoms with Crippen LogP contribution in [0.5, 0.6) is 0 Å². The number of aliphatic hydroxyl groups excluding tert-OH is 1. The molecule has 0 aliphatic heterocycles. The number of rotatable bonds is 5. The van der Waals surface area contributed by atoms with E-state index in [1.54, 1.807) is 7.05 Å². The molecular formula is C15H20N4O2. The standard InChI is InChI=1S/C15H20N4O2/c1-3-11-13(16)14(19(2)18-11)15(21)17-12(9-20)10-7-5-4-6-8-10/h4-8,12,20H,3,9,16H2,1-2H3,(H,17,21)/t12-/m0/s1. The molecule has 0 spiro atoms. The first kappa shape index (κ1) is 15.1. The zero-order valence-corrected chi connectivity index (χ0v) is 12.2. The Balaban J connectivity index is 2.23. The summed E-state index contributed by atoms with van der Waals surface area (Å²) < 4.78 is 1.48. The molecule has 0 fully saturated rings. The number of nitrogen functional groups attached to an aromatic ring is 1. The van der Waals surface area contributed by atoms with Crippen LogP contribution < -0.4 is 11.1 Å². The molecule has 1 atom stereocenters. The van der Waals surface area contributed by atoms with Crippen LogP contribution in [-0.4, -0.2) is 27.4 Å². The van der Waals surface area contributed by atoms with Gasteiger partial charge in [-0.1, -0.05) is 37.3 Å². The third-order valence-corrected chi connectivity index (χ3v) is 3.40. The highest BCUT2D eigenvalue weighted by molar-refractivity contribution is 5.98. The van der Waals surface area contributed by atoms with Gasteiger partial charge in [0.05, 0.1) is 24.0 Å². The van der Waals surface area contributed by atoms with Crippen molar-refractivity contribution >= 4 is 11.6 Å². The molecule has 21 heavy (non-hydrogen) atoms. The fourth-order valence-electron chi connectivity index (χ4n) is 2.27. The first-order valence-electron chi connectivity index (χ1n) is 6.86. The molecule has 1 amide bonds. The van der Waals surface area contributed by atoms with Gasteiger partial charge in [-0.15, -0.1) is 0 Å². The monoisotopic (exact) mass is 288 g/mol. The van der Waals surface area contributed by atoms with Crippen molar-refractivity contribution in [2.24, 2.45) is 7.05 Å². The lowest BCUT2D eigenvalue weighted by Crippen LogP contribution is -2.32. The number of hydrogen-bond donors (Lipinski definition) is 3. The average Bonchev–Trinajstić information content (AvgIpc) is 2.79. The fraction of sp³-hybridized carbons (Fsp3) is 0.333. The van der Waals surface area contributed by atoms with Crippen molar-refractivity contribution in [2.75, 3.05) is 12.3 Å². The van der Waals surface area contributed by atoms with Gasteiger partial charge in [-0.05, 0) is 12.0 Å². The average molecular weight is 288 g/mol. The van der Waals surface area contributed by atoms with E-state index in [9.17, 15) is 9.90 Å². The van der Waals surface area contributed by atoms with Gasteiger partial charge in [0, 0.05) is 7.05 Å². The number of nitrogens with zero attached hydrogens (tertiary/aromatic N) is 2. The molecule has 0 aliphatic carbocycles. The van der Waals surface area contributed by atoms with E-state index >= 15 is 0 Å². The molecule has 1 heterocycles. The highest BCUT2D eigenvalue weighted by Gasteiger charge is 2.22. The molecule has 6 nitrogen and oxygen atoms in total. The smallest absolute Gasteiger partial charge is 0.272 e. The highest BCUT2D eigenvalue weighted by Crippen LogP contribution is 2.19. The van der Waals surface area contributed by atoms with E-state index in [0.717, 1.165) is 5.56 Å². The second-order valence-corrected chi connectivity index (χ2v) is 4.81. The zero-order valence-electron chi connectivity index (χ0n) is 12.2. The van der Waals surface area contributed by atoms with Crippen LogP contribution in [0.2, 0.25) is 0 Å². The van der Waals surface area contributed by atoms with E-state index in [4.69, 9.17) is 5.73 Å². The van der Waals surface area contributed by atoms with Gasteiger partial charge in [-0.25, -0.2) is 0 Å². The van der Waals surface area contributed by atoms with Crippen molar-refractivity contribution in [1.82, 2.24) is 15.1 Å². The molecule has 6 heteroatoms. The maximum atomic E-state index is 12.4. The summed E-state index contributed by atoms with van der Waals surface area (Å²) >= 11 is 0. The molecule has 0 saturated heterocycles. The molecule has 0 saturated carbocycles. The Bertz CT molecular complexity index is 622. The van der Waals surface area contributed by atoms with Crippen LogP contribution in [0.4, 0.5) is 5.69 Å². The number of aryl methyl sites for hydroxylation is 2. The quantitative estimate of drug-likeness (QED) is 0.766. The first-order chi connectivity index (χ1) is 10.1. The largest absolute Gasteiger partial charge is 0.395 e. The topological polar surface area (TPSA) is 93.2 Å². The summed E-state index contributed by atoms with van der Waals surface area (Å²) in [7, 11) is 1.68. The summed E-state index contributed by atoms with van der Waals surface area (Å²) in [6.07, 6.45) is 0.662. The fourth-order valence-corrected chi connectivity index (χ4v) is 2.27. The number of carbonyl (C=O) groups excluding carboxylic acids is 1. The maximum absolute atomic E-state index is 12.4. The summed E-state index contributed by atoms with van der Waals surface area (Å²) in [5.74, 6) is -0.342. The Labute approximate surface area is 123 Å². The van der Waals surface area contributed by atoms with Gasteiger partial charge in [0.1, 0.15) is 5.69 Å². The third-order valence-electron chi connectivity index (χ3n) is 3.40. The van der Waals surface area contributed by atoms with Crippen LogP contribution in [0.1, 0.15) is 34.7 Å². The number of aliphatic hydroxyl groups is 1. The normalized spacial score (nSPS) is 12.1. The summed E-state index contributed by atoms with van der Waals surface area (Å²) in [6.45, 7) is 1.75. The van der Waals surface area contributed by atoms with Crippen LogP contribution in [-0.2, 0) is 13.5 Å². The Kier molecular flexibility index (Phi) is 4.59. The molecule has 1 aromatic carbocycles. The number of anilines is 1. The number of nitrogens with one attached hydrogen (secondary N) is 1. The van der Waals surface area contributed by atoms with Crippen molar-refractivity contribution in [1.29, 1.82) is 0 Å². The molecule has 112 valence electrons. The van der Waals surface area contributed by atoms with Gasteiger partial charge in [0.25, 0.3) is 5.91 Å². The molecule has 2 aromatic rings. The minimum atomic E-state index is -0.474. The molecule has 0 unspecified atom stereocenters. The summed E-state index contributed by atoms with van der Waals surface area (Å²) in [6, 6.07) is 8.83. The second-order valence-electron chi connectivity index (χ2n) is 4.81. The Morgan fingerprint density at radius 2 is 2.10 bits per heavy atom. The molecule has 0 aliphatic rings. The zero-order chi connectivity index (χ0) is 15.4. The van der Waals surface area contributed by atoms with Gasteiger partial charge >= 0.3 is 0 Å². The van der Waals surface area contributed by atoms with E-state index in [-0.39, 0.29) is 12.5 Å². The SMILES string of the molecule is CCc1nn(C)c(C(=O)N[C@@H](CO)c2ccccc2)c1N. The van der Waals surface area contributed by atoms with E-state index in [2.05, 4.69) is 10.4 Å². The summed E-state index contributed by atoms with van der Waals surface area (Å²) in [5.41, 5.74) is 8.21. The minimum Gasteiger partial charge on any atom is -0.395 e. The van der Waals surface area contributed by atoms with Gasteiger partial charge in [-0.2, -0.15) is 5.10 Å². The van der Waals surface area contributed by atoms with E-state index in [1.165, 1.54) is 4.68 Å². The lowest BCUT2D eigenvalue weighted by molar-refractivity contribution is 0.0907. The summed E-state index contributed by atoms with van der Waals surface area (Å²) in [4.78, 5) is 12.4. The van der Waals surface area contributed by atoms with Crippen molar-refractivity contribution in [2.45, 2.75) is 19.4 Å². The Morgan fingerprint density at radius 1 is 1.43 bits per heavy atom. The lowest BCUT2D eigenvalue weighted by atomic mass is 10.1. The third kappa shape index (κ3) is 3.05. The first-order valence-corrected chi connectivity index (χ1v) is 6.86. The van der Waals surface area contributed by atoms with Gasteiger partial charge in [-0.3, -0.25) is 9.48 Å². The lowest BCUT2D eigenvalue weighted by Gasteiger charge is -2.17. The van der Waals surface area contributed by atoms with E-state index < -0.39 is 6.04 Å². The maximum Gasteiger partial charge on any atom is 0.272 e. The molecule has 0 radical (unpaired) electrons. The van der Waals surface area contributed by atoms with Crippen LogP contribution in [0.3, 0.4) is 0 Å². The number of amides is 1. The van der Waals surface area contributed by atoms with E-state index in [0.29, 0.717) is 23.5 Å². The van der Waals surface area contributed by atoms with Crippen LogP contribution in [0.25, 0.3) is 0 Å². The van der Waals surface area contributed by atoms with Crippen LogP contribution in [0.15, 0.2) is 30.3 Å². The second kappa shape index (κ2) is 6.41. The number of nitrogens with two attached hydrogens (primary N) is 1. The Morgan fingerprint density at radius 3 is 2.62 bits per heavy atom. The van der Waals surface area contributed by atoms with Crippen molar-refractivity contribution in [3.8, 4) is 0 Å². The van der Waals surface area contributed by atoms with Gasteiger partial charge < -0.3 is 16.2 Å². The predicted molar refractivity (Wildman–Crippen MR) is 80.7 cm³/mol. The van der Waals surface area contributed by atoms with Crippen molar-refractivity contribution < 1.29 is 9.90 Å². The minimum absolute atomic E-state index is 0.186. The molecule has 0 bridgehead atoms. The highest BCUT2D eigenvalue weighted by atomic mass is 16.3. The number of benzene rings is 1. The number of hydrogen-bond acceptors (Lipinski definition) is 4. The number of aromatic nitrogens is 2. The van der Waals surface area contributed by atoms with Gasteiger partial charge in [0.15, 0.2) is 0 Å². The predicted octanol–water partition coefficient (Wildman–Crippen LogP) is 1.03. The van der Waals surface area contributed by atoms with Crippen molar-refractivity contribution in [3.63, 3.8) is 0 Å².